The second kappa shape index (κ2) is 4.97. The van der Waals surface area contributed by atoms with Gasteiger partial charge in [0, 0.05) is 6.42 Å². The molecule has 1 aliphatic heterocycles. The van der Waals surface area contributed by atoms with Crippen LogP contribution in [-0.4, -0.2) is 34.6 Å². The van der Waals surface area contributed by atoms with Gasteiger partial charge < -0.3 is 10.0 Å². The molecule has 0 atom stereocenters. The van der Waals surface area contributed by atoms with Crippen molar-refractivity contribution in [2.24, 2.45) is 5.92 Å². The van der Waals surface area contributed by atoms with Crippen molar-refractivity contribution in [3.05, 3.63) is 0 Å². The molecule has 3 nitrogen and oxygen atoms in total. The molecule has 15 heavy (non-hydrogen) atoms. The number of aliphatic hydroxyl groups is 1. The predicted molar refractivity (Wildman–Crippen MR) is 60.5 cm³/mol. The van der Waals surface area contributed by atoms with Gasteiger partial charge in [-0.05, 0) is 18.8 Å². The van der Waals surface area contributed by atoms with E-state index >= 15 is 0 Å². The molecule has 1 N–H and O–H groups in total. The van der Waals surface area contributed by atoms with E-state index in [1.54, 1.807) is 4.90 Å². The van der Waals surface area contributed by atoms with Crippen molar-refractivity contribution in [1.82, 2.24) is 4.90 Å². The minimum Gasteiger partial charge on any atom is -0.386 e. The summed E-state index contributed by atoms with van der Waals surface area (Å²) < 4.78 is 0. The van der Waals surface area contributed by atoms with E-state index in [-0.39, 0.29) is 5.91 Å². The minimum atomic E-state index is -0.581. The molecule has 0 aliphatic carbocycles. The zero-order valence-corrected chi connectivity index (χ0v) is 10.1. The summed E-state index contributed by atoms with van der Waals surface area (Å²) in [6, 6.07) is 0. The molecule has 0 saturated carbocycles. The second-order valence-electron chi connectivity index (χ2n) is 5.16. The number of hydrogen-bond donors (Lipinski definition) is 1. The summed E-state index contributed by atoms with van der Waals surface area (Å²) in [6.07, 6.45) is 3.35. The molecule has 1 amide bonds. The SMILES string of the molecule is CCCC1(O)CN(C(=O)CCC(C)C)C1. The highest BCUT2D eigenvalue weighted by atomic mass is 16.3. The van der Waals surface area contributed by atoms with Gasteiger partial charge in [0.2, 0.25) is 5.91 Å². The molecule has 3 heteroatoms. The molecule has 0 bridgehead atoms. The molecule has 0 spiro atoms. The Morgan fingerprint density at radius 1 is 1.47 bits per heavy atom. The molecule has 1 fully saturated rings. The number of carbonyl (C=O) groups is 1. The van der Waals surface area contributed by atoms with Gasteiger partial charge in [0.05, 0.1) is 18.7 Å². The standard InChI is InChI=1S/C12H23NO2/c1-4-7-12(15)8-13(9-12)11(14)6-5-10(2)3/h10,15H,4-9H2,1-3H3. The van der Waals surface area contributed by atoms with Crippen LogP contribution in [0.1, 0.15) is 46.5 Å². The summed E-state index contributed by atoms with van der Waals surface area (Å²) in [4.78, 5) is 13.4. The van der Waals surface area contributed by atoms with Crippen molar-refractivity contribution in [3.63, 3.8) is 0 Å². The zero-order chi connectivity index (χ0) is 11.5. The van der Waals surface area contributed by atoms with E-state index in [1.165, 1.54) is 0 Å². The highest BCUT2D eigenvalue weighted by molar-refractivity contribution is 5.77. The molecule has 0 aromatic carbocycles. The average molecular weight is 213 g/mol. The molecule has 88 valence electrons. The van der Waals surface area contributed by atoms with E-state index in [1.807, 2.05) is 0 Å². The predicted octanol–water partition coefficient (Wildman–Crippen LogP) is 1.80. The Balaban J connectivity index is 2.23. The molecule has 0 aromatic rings. The molecule has 1 rings (SSSR count). The highest BCUT2D eigenvalue weighted by Crippen LogP contribution is 2.26. The molecule has 0 radical (unpaired) electrons. The van der Waals surface area contributed by atoms with E-state index in [0.29, 0.717) is 25.4 Å². The monoisotopic (exact) mass is 213 g/mol. The summed E-state index contributed by atoms with van der Waals surface area (Å²) in [6.45, 7) is 7.38. The Kier molecular flexibility index (Phi) is 4.14. The molecule has 0 unspecified atom stereocenters. The fourth-order valence-corrected chi connectivity index (χ4v) is 2.03. The topological polar surface area (TPSA) is 40.5 Å². The highest BCUT2D eigenvalue weighted by Gasteiger charge is 2.42. The Labute approximate surface area is 92.5 Å². The molecule has 1 heterocycles. The van der Waals surface area contributed by atoms with Gasteiger partial charge in [-0.2, -0.15) is 0 Å². The average Bonchev–Trinajstić information content (AvgIpc) is 2.10. The maximum absolute atomic E-state index is 11.6. The number of rotatable bonds is 5. The van der Waals surface area contributed by atoms with E-state index in [0.717, 1.165) is 19.3 Å². The van der Waals surface area contributed by atoms with Crippen LogP contribution in [0.15, 0.2) is 0 Å². The third kappa shape index (κ3) is 3.49. The summed E-state index contributed by atoms with van der Waals surface area (Å²) >= 11 is 0. The van der Waals surface area contributed by atoms with Crippen molar-refractivity contribution in [2.45, 2.75) is 52.1 Å². The first-order valence-electron chi connectivity index (χ1n) is 5.97. The van der Waals surface area contributed by atoms with E-state index in [9.17, 15) is 9.90 Å². The van der Waals surface area contributed by atoms with Gasteiger partial charge in [0.25, 0.3) is 0 Å². The van der Waals surface area contributed by atoms with Gasteiger partial charge in [0.1, 0.15) is 0 Å². The number of amides is 1. The summed E-state index contributed by atoms with van der Waals surface area (Å²) in [5, 5.41) is 9.91. The molecule has 0 aromatic heterocycles. The van der Waals surface area contributed by atoms with Crippen LogP contribution in [0.25, 0.3) is 0 Å². The second-order valence-corrected chi connectivity index (χ2v) is 5.16. The molecular weight excluding hydrogens is 190 g/mol. The minimum absolute atomic E-state index is 0.199. The van der Waals surface area contributed by atoms with Crippen LogP contribution in [0.4, 0.5) is 0 Å². The van der Waals surface area contributed by atoms with Gasteiger partial charge in [-0.1, -0.05) is 27.2 Å². The molecule has 1 aliphatic rings. The van der Waals surface area contributed by atoms with Gasteiger partial charge in [-0.15, -0.1) is 0 Å². The van der Waals surface area contributed by atoms with Gasteiger partial charge >= 0.3 is 0 Å². The first kappa shape index (κ1) is 12.5. The summed E-state index contributed by atoms with van der Waals surface area (Å²) in [5.74, 6) is 0.772. The first-order chi connectivity index (χ1) is 6.97. The molecule has 1 saturated heterocycles. The maximum Gasteiger partial charge on any atom is 0.222 e. The third-order valence-electron chi connectivity index (χ3n) is 2.97. The van der Waals surface area contributed by atoms with Crippen molar-refractivity contribution >= 4 is 5.91 Å². The summed E-state index contributed by atoms with van der Waals surface area (Å²) in [5.41, 5.74) is -0.581. The Morgan fingerprint density at radius 3 is 2.53 bits per heavy atom. The largest absolute Gasteiger partial charge is 0.386 e. The van der Waals surface area contributed by atoms with Crippen LogP contribution in [0.3, 0.4) is 0 Å². The van der Waals surface area contributed by atoms with Crippen LogP contribution in [-0.2, 0) is 4.79 Å². The van der Waals surface area contributed by atoms with E-state index < -0.39 is 5.60 Å². The van der Waals surface area contributed by atoms with Crippen LogP contribution in [0, 0.1) is 5.92 Å². The number of likely N-dealkylation sites (tertiary alicyclic amines) is 1. The Hall–Kier alpha value is -0.570. The van der Waals surface area contributed by atoms with Crippen molar-refractivity contribution < 1.29 is 9.90 Å². The van der Waals surface area contributed by atoms with Crippen LogP contribution >= 0.6 is 0 Å². The van der Waals surface area contributed by atoms with Crippen LogP contribution in [0.5, 0.6) is 0 Å². The Morgan fingerprint density at radius 2 is 2.07 bits per heavy atom. The molecular formula is C12H23NO2. The van der Waals surface area contributed by atoms with Crippen LogP contribution in [0.2, 0.25) is 0 Å². The lowest BCUT2D eigenvalue weighted by molar-refractivity contribution is -0.156. The van der Waals surface area contributed by atoms with Crippen molar-refractivity contribution in [2.75, 3.05) is 13.1 Å². The lowest BCUT2D eigenvalue weighted by atomic mass is 9.89. The van der Waals surface area contributed by atoms with Crippen molar-refractivity contribution in [3.8, 4) is 0 Å². The Bertz CT molecular complexity index is 220. The van der Waals surface area contributed by atoms with Crippen LogP contribution < -0.4 is 0 Å². The normalized spacial score (nSPS) is 19.1. The fourth-order valence-electron chi connectivity index (χ4n) is 2.03. The number of hydrogen-bond acceptors (Lipinski definition) is 2. The van der Waals surface area contributed by atoms with E-state index in [4.69, 9.17) is 0 Å². The lowest BCUT2D eigenvalue weighted by Crippen LogP contribution is -2.63. The van der Waals surface area contributed by atoms with Gasteiger partial charge in [-0.3, -0.25) is 4.79 Å². The number of carbonyl (C=O) groups excluding carboxylic acids is 1. The maximum atomic E-state index is 11.6. The van der Waals surface area contributed by atoms with Gasteiger partial charge in [-0.25, -0.2) is 0 Å². The van der Waals surface area contributed by atoms with E-state index in [2.05, 4.69) is 20.8 Å². The third-order valence-corrected chi connectivity index (χ3v) is 2.97. The smallest absolute Gasteiger partial charge is 0.222 e. The van der Waals surface area contributed by atoms with Crippen molar-refractivity contribution in [1.29, 1.82) is 0 Å². The first-order valence-corrected chi connectivity index (χ1v) is 5.97. The lowest BCUT2D eigenvalue weighted by Gasteiger charge is -2.46. The number of β-amino-alcohol motifs (C(OH)–C–C–N with tert-alkyl or cyclic N) is 1. The van der Waals surface area contributed by atoms with Gasteiger partial charge in [0.15, 0.2) is 0 Å². The zero-order valence-electron chi connectivity index (χ0n) is 10.1. The quantitative estimate of drug-likeness (QED) is 0.756. The summed E-state index contributed by atoms with van der Waals surface area (Å²) in [7, 11) is 0. The number of nitrogens with zero attached hydrogens (tertiary/aromatic N) is 1. The fraction of sp³-hybridized carbons (Fsp3) is 0.917.